The molecular formula is C16H13NO3S. The molecule has 0 spiro atoms. The van der Waals surface area contributed by atoms with Crippen molar-refractivity contribution >= 4 is 28.2 Å². The summed E-state index contributed by atoms with van der Waals surface area (Å²) in [6.45, 7) is 0.493. The lowest BCUT2D eigenvalue weighted by Crippen LogP contribution is -2.26. The molecule has 0 saturated heterocycles. The fraction of sp³-hybridized carbons (Fsp3) is 0.125. The molecule has 0 radical (unpaired) electrons. The Kier molecular flexibility index (Phi) is 3.58. The molecule has 1 amide bonds. The van der Waals surface area contributed by atoms with Crippen molar-refractivity contribution in [3.05, 3.63) is 68.7 Å². The fourth-order valence-electron chi connectivity index (χ4n) is 2.11. The molecule has 0 N–H and O–H groups in total. The third-order valence-electron chi connectivity index (χ3n) is 3.17. The van der Waals surface area contributed by atoms with Crippen molar-refractivity contribution in [3.8, 4) is 0 Å². The molecule has 0 aliphatic carbocycles. The molecular weight excluding hydrogens is 286 g/mol. The smallest absolute Gasteiger partial charge is 0.289 e. The number of rotatable bonds is 3. The number of amides is 1. The van der Waals surface area contributed by atoms with Gasteiger partial charge in [-0.05, 0) is 23.6 Å². The van der Waals surface area contributed by atoms with E-state index in [4.69, 9.17) is 4.42 Å². The molecule has 5 heteroatoms. The second-order valence-electron chi connectivity index (χ2n) is 4.71. The number of fused-ring (bicyclic) bond motifs is 1. The highest BCUT2D eigenvalue weighted by molar-refractivity contribution is 7.09. The van der Waals surface area contributed by atoms with E-state index in [0.29, 0.717) is 17.5 Å². The van der Waals surface area contributed by atoms with E-state index in [9.17, 15) is 9.59 Å². The van der Waals surface area contributed by atoms with Crippen LogP contribution in [0, 0.1) is 0 Å². The van der Waals surface area contributed by atoms with E-state index in [2.05, 4.69) is 0 Å². The molecule has 3 aromatic rings. The third-order valence-corrected chi connectivity index (χ3v) is 4.03. The minimum atomic E-state index is -0.300. The second-order valence-corrected chi connectivity index (χ2v) is 5.74. The van der Waals surface area contributed by atoms with E-state index >= 15 is 0 Å². The van der Waals surface area contributed by atoms with E-state index in [1.165, 1.54) is 6.07 Å². The van der Waals surface area contributed by atoms with Crippen molar-refractivity contribution in [3.63, 3.8) is 0 Å². The van der Waals surface area contributed by atoms with Crippen molar-refractivity contribution in [2.75, 3.05) is 7.05 Å². The van der Waals surface area contributed by atoms with E-state index in [-0.39, 0.29) is 17.1 Å². The number of para-hydroxylation sites is 1. The predicted molar refractivity (Wildman–Crippen MR) is 82.6 cm³/mol. The predicted octanol–water partition coefficient (Wildman–Crippen LogP) is 3.13. The Morgan fingerprint density at radius 3 is 2.81 bits per heavy atom. The number of carbonyl (C=O) groups is 1. The van der Waals surface area contributed by atoms with Crippen LogP contribution in [-0.2, 0) is 6.54 Å². The molecule has 106 valence electrons. The Labute approximate surface area is 125 Å². The second kappa shape index (κ2) is 5.54. The molecule has 0 aliphatic rings. The summed E-state index contributed by atoms with van der Waals surface area (Å²) >= 11 is 1.58. The number of thiophene rings is 1. The van der Waals surface area contributed by atoms with Gasteiger partial charge >= 0.3 is 0 Å². The maximum Gasteiger partial charge on any atom is 0.289 e. The summed E-state index contributed by atoms with van der Waals surface area (Å²) in [5.41, 5.74) is 0.225. The van der Waals surface area contributed by atoms with Gasteiger partial charge in [0.05, 0.1) is 11.9 Å². The number of carbonyl (C=O) groups excluding carboxylic acids is 1. The average molecular weight is 299 g/mol. The fourth-order valence-corrected chi connectivity index (χ4v) is 2.86. The van der Waals surface area contributed by atoms with Crippen LogP contribution in [0.25, 0.3) is 11.0 Å². The molecule has 0 bridgehead atoms. The van der Waals surface area contributed by atoms with Crippen molar-refractivity contribution in [2.45, 2.75) is 6.54 Å². The first kappa shape index (κ1) is 13.6. The summed E-state index contributed by atoms with van der Waals surface area (Å²) in [5, 5.41) is 2.44. The summed E-state index contributed by atoms with van der Waals surface area (Å²) in [6.07, 6.45) is 0. The summed E-state index contributed by atoms with van der Waals surface area (Å²) in [4.78, 5) is 27.0. The van der Waals surface area contributed by atoms with Gasteiger partial charge in [-0.25, -0.2) is 0 Å². The zero-order valence-corrected chi connectivity index (χ0v) is 12.2. The van der Waals surface area contributed by atoms with Crippen LogP contribution in [0.3, 0.4) is 0 Å². The minimum absolute atomic E-state index is 0.0674. The molecule has 2 aromatic heterocycles. The molecule has 1 aromatic carbocycles. The van der Waals surface area contributed by atoms with Crippen molar-refractivity contribution < 1.29 is 9.21 Å². The van der Waals surface area contributed by atoms with Crippen LogP contribution in [0.4, 0.5) is 0 Å². The zero-order chi connectivity index (χ0) is 14.8. The molecule has 4 nitrogen and oxygen atoms in total. The van der Waals surface area contributed by atoms with Gasteiger partial charge in [-0.2, -0.15) is 0 Å². The Bertz CT molecular complexity index is 836. The molecule has 0 atom stereocenters. The van der Waals surface area contributed by atoms with Gasteiger partial charge in [0.1, 0.15) is 5.58 Å². The van der Waals surface area contributed by atoms with Crippen LogP contribution in [-0.4, -0.2) is 17.9 Å². The standard InChI is InChI=1S/C16H13NO3S/c1-17(10-11-5-4-8-21-11)16(19)15-9-13(18)12-6-2-3-7-14(12)20-15/h2-9H,10H2,1H3. The quantitative estimate of drug-likeness (QED) is 0.746. The Morgan fingerprint density at radius 2 is 2.05 bits per heavy atom. The lowest BCUT2D eigenvalue weighted by Gasteiger charge is -2.15. The SMILES string of the molecule is CN(Cc1cccs1)C(=O)c1cc(=O)c2ccccc2o1. The number of nitrogens with zero attached hydrogens (tertiary/aromatic N) is 1. The Morgan fingerprint density at radius 1 is 1.24 bits per heavy atom. The van der Waals surface area contributed by atoms with Crippen LogP contribution in [0.5, 0.6) is 0 Å². The van der Waals surface area contributed by atoms with Crippen molar-refractivity contribution in [1.82, 2.24) is 4.90 Å². The van der Waals surface area contributed by atoms with Gasteiger partial charge < -0.3 is 9.32 Å². The van der Waals surface area contributed by atoms with Gasteiger partial charge in [0.15, 0.2) is 11.2 Å². The van der Waals surface area contributed by atoms with Gasteiger partial charge in [-0.15, -0.1) is 11.3 Å². The number of hydrogen-bond acceptors (Lipinski definition) is 4. The first-order valence-electron chi connectivity index (χ1n) is 6.46. The van der Waals surface area contributed by atoms with E-state index in [0.717, 1.165) is 4.88 Å². The molecule has 0 unspecified atom stereocenters. The third kappa shape index (κ3) is 2.73. The summed E-state index contributed by atoms with van der Waals surface area (Å²) in [5.74, 6) is -0.232. The van der Waals surface area contributed by atoms with Gasteiger partial charge in [-0.3, -0.25) is 9.59 Å². The average Bonchev–Trinajstić information content (AvgIpc) is 2.99. The van der Waals surface area contributed by atoms with Gasteiger partial charge in [0.2, 0.25) is 0 Å². The highest BCUT2D eigenvalue weighted by Gasteiger charge is 2.17. The van der Waals surface area contributed by atoms with Crippen LogP contribution in [0.15, 0.2) is 57.1 Å². The van der Waals surface area contributed by atoms with Crippen molar-refractivity contribution in [1.29, 1.82) is 0 Å². The van der Waals surface area contributed by atoms with Crippen LogP contribution in [0.1, 0.15) is 15.4 Å². The number of benzene rings is 1. The summed E-state index contributed by atoms with van der Waals surface area (Å²) < 4.78 is 5.56. The first-order valence-corrected chi connectivity index (χ1v) is 7.34. The maximum atomic E-state index is 12.4. The first-order chi connectivity index (χ1) is 10.1. The summed E-state index contributed by atoms with van der Waals surface area (Å²) in [6, 6.07) is 12.1. The van der Waals surface area contributed by atoms with E-state index < -0.39 is 0 Å². The molecule has 21 heavy (non-hydrogen) atoms. The molecule has 3 rings (SSSR count). The molecule has 0 aliphatic heterocycles. The van der Waals surface area contributed by atoms with Crippen LogP contribution >= 0.6 is 11.3 Å². The zero-order valence-electron chi connectivity index (χ0n) is 11.4. The van der Waals surface area contributed by atoms with E-state index in [1.54, 1.807) is 47.5 Å². The topological polar surface area (TPSA) is 50.5 Å². The molecule has 2 heterocycles. The monoisotopic (exact) mass is 299 g/mol. The molecule has 0 saturated carbocycles. The van der Waals surface area contributed by atoms with Gasteiger partial charge in [0, 0.05) is 18.0 Å². The lowest BCUT2D eigenvalue weighted by molar-refractivity contribution is 0.0755. The van der Waals surface area contributed by atoms with Crippen LogP contribution in [0.2, 0.25) is 0 Å². The largest absolute Gasteiger partial charge is 0.451 e. The van der Waals surface area contributed by atoms with Gasteiger partial charge in [0.25, 0.3) is 5.91 Å². The normalized spacial score (nSPS) is 10.7. The Balaban J connectivity index is 1.92. The van der Waals surface area contributed by atoms with Crippen molar-refractivity contribution in [2.24, 2.45) is 0 Å². The highest BCUT2D eigenvalue weighted by atomic mass is 32.1. The maximum absolute atomic E-state index is 12.4. The van der Waals surface area contributed by atoms with Crippen LogP contribution < -0.4 is 5.43 Å². The van der Waals surface area contributed by atoms with Gasteiger partial charge in [-0.1, -0.05) is 18.2 Å². The minimum Gasteiger partial charge on any atom is -0.451 e. The summed E-state index contributed by atoms with van der Waals surface area (Å²) in [7, 11) is 1.69. The Hall–Kier alpha value is -2.40. The molecule has 0 fully saturated rings. The van der Waals surface area contributed by atoms with E-state index in [1.807, 2.05) is 17.5 Å². The highest BCUT2D eigenvalue weighted by Crippen LogP contribution is 2.15. The number of hydrogen-bond donors (Lipinski definition) is 0. The lowest BCUT2D eigenvalue weighted by atomic mass is 10.2.